The molecule has 0 spiro atoms. The zero-order chi connectivity index (χ0) is 11.3. The highest BCUT2D eigenvalue weighted by atomic mass is 79.9. The van der Waals surface area contributed by atoms with E-state index < -0.39 is 0 Å². The Balaban J connectivity index is 2.71. The van der Waals surface area contributed by atoms with Gasteiger partial charge in [-0.1, -0.05) is 15.9 Å². The molecule has 0 atom stereocenters. The summed E-state index contributed by atoms with van der Waals surface area (Å²) in [5, 5.41) is 3.44. The van der Waals surface area contributed by atoms with E-state index in [1.807, 2.05) is 6.07 Å². The molecule has 1 N–H and O–H groups in total. The topological polar surface area (TPSA) is 38.3 Å². The summed E-state index contributed by atoms with van der Waals surface area (Å²) >= 11 is 6.56. The van der Waals surface area contributed by atoms with Gasteiger partial charge in [-0.05, 0) is 34.1 Å². The number of nitrogens with one attached hydrogen (secondary N) is 1. The van der Waals surface area contributed by atoms with E-state index in [9.17, 15) is 4.79 Å². The van der Waals surface area contributed by atoms with Crippen molar-refractivity contribution in [2.45, 2.75) is 6.42 Å². The fourth-order valence-corrected chi connectivity index (χ4v) is 1.95. The van der Waals surface area contributed by atoms with Crippen LogP contribution < -0.4 is 10.1 Å². The summed E-state index contributed by atoms with van der Waals surface area (Å²) in [6.07, 6.45) is 0.462. The van der Waals surface area contributed by atoms with E-state index in [4.69, 9.17) is 4.74 Å². The maximum atomic E-state index is 11.3. The molecule has 15 heavy (non-hydrogen) atoms. The van der Waals surface area contributed by atoms with Gasteiger partial charge in [-0.25, -0.2) is 0 Å². The third-order valence-corrected chi connectivity index (χ3v) is 2.77. The summed E-state index contributed by atoms with van der Waals surface area (Å²) < 4.78 is 5.91. The molecule has 0 radical (unpaired) electrons. The SMILES string of the molecule is COc1ccc(NC(=O)CCBr)cc1Br. The van der Waals surface area contributed by atoms with Crippen LogP contribution in [0.4, 0.5) is 5.69 Å². The molecule has 0 unspecified atom stereocenters. The molecule has 0 aromatic heterocycles. The first-order valence-electron chi connectivity index (χ1n) is 4.36. The molecule has 5 heteroatoms. The lowest BCUT2D eigenvalue weighted by Crippen LogP contribution is -2.11. The molecular formula is C10H11Br2NO2. The number of ether oxygens (including phenoxy) is 1. The normalized spacial score (nSPS) is 9.80. The molecule has 0 fully saturated rings. The number of rotatable bonds is 4. The number of benzene rings is 1. The molecule has 1 aromatic carbocycles. The molecule has 1 amide bonds. The third-order valence-electron chi connectivity index (χ3n) is 1.76. The van der Waals surface area contributed by atoms with Gasteiger partial charge in [0.25, 0.3) is 0 Å². The number of alkyl halides is 1. The largest absolute Gasteiger partial charge is 0.496 e. The summed E-state index contributed by atoms with van der Waals surface area (Å²) in [7, 11) is 1.60. The molecule has 1 rings (SSSR count). The number of hydrogen-bond acceptors (Lipinski definition) is 2. The van der Waals surface area contributed by atoms with Crippen molar-refractivity contribution in [1.82, 2.24) is 0 Å². The van der Waals surface area contributed by atoms with Crippen molar-refractivity contribution in [3.63, 3.8) is 0 Å². The molecule has 1 aromatic rings. The van der Waals surface area contributed by atoms with Crippen molar-refractivity contribution in [1.29, 1.82) is 0 Å². The van der Waals surface area contributed by atoms with Crippen molar-refractivity contribution in [2.75, 3.05) is 17.8 Å². The minimum atomic E-state index is -0.0102. The summed E-state index contributed by atoms with van der Waals surface area (Å²) in [6, 6.07) is 5.41. The Hall–Kier alpha value is -0.550. The fourth-order valence-electron chi connectivity index (χ4n) is 1.05. The highest BCUT2D eigenvalue weighted by molar-refractivity contribution is 9.10. The average molecular weight is 337 g/mol. The standard InChI is InChI=1S/C10H11Br2NO2/c1-15-9-3-2-7(6-8(9)12)13-10(14)4-5-11/h2-3,6H,4-5H2,1H3,(H,13,14). The lowest BCUT2D eigenvalue weighted by molar-refractivity contribution is -0.115. The molecule has 0 saturated heterocycles. The van der Waals surface area contributed by atoms with Gasteiger partial charge in [0.05, 0.1) is 11.6 Å². The first kappa shape index (κ1) is 12.5. The van der Waals surface area contributed by atoms with Crippen LogP contribution in [0.3, 0.4) is 0 Å². The number of anilines is 1. The van der Waals surface area contributed by atoms with E-state index in [1.165, 1.54) is 0 Å². The van der Waals surface area contributed by atoms with Crippen molar-refractivity contribution < 1.29 is 9.53 Å². The van der Waals surface area contributed by atoms with E-state index in [-0.39, 0.29) is 5.91 Å². The predicted molar refractivity (Wildman–Crippen MR) is 67.7 cm³/mol. The van der Waals surface area contributed by atoms with Crippen LogP contribution >= 0.6 is 31.9 Å². The van der Waals surface area contributed by atoms with Crippen LogP contribution in [0.15, 0.2) is 22.7 Å². The van der Waals surface area contributed by atoms with Crippen LogP contribution in [0.5, 0.6) is 5.75 Å². The second-order valence-electron chi connectivity index (χ2n) is 2.84. The number of carbonyl (C=O) groups is 1. The summed E-state index contributed by atoms with van der Waals surface area (Å²) in [6.45, 7) is 0. The van der Waals surface area contributed by atoms with Crippen molar-refractivity contribution >= 4 is 43.5 Å². The summed E-state index contributed by atoms with van der Waals surface area (Å²) in [4.78, 5) is 11.3. The van der Waals surface area contributed by atoms with Crippen LogP contribution in [0.2, 0.25) is 0 Å². The van der Waals surface area contributed by atoms with Gasteiger partial charge in [0, 0.05) is 17.4 Å². The van der Waals surface area contributed by atoms with E-state index >= 15 is 0 Å². The highest BCUT2D eigenvalue weighted by Crippen LogP contribution is 2.27. The van der Waals surface area contributed by atoms with Crippen LogP contribution in [-0.2, 0) is 4.79 Å². The van der Waals surface area contributed by atoms with Crippen molar-refractivity contribution in [3.05, 3.63) is 22.7 Å². The molecule has 0 aliphatic rings. The molecule has 0 heterocycles. The quantitative estimate of drug-likeness (QED) is 0.857. The van der Waals surface area contributed by atoms with Gasteiger partial charge in [0.1, 0.15) is 5.75 Å². The summed E-state index contributed by atoms with van der Waals surface area (Å²) in [5.74, 6) is 0.734. The van der Waals surface area contributed by atoms with Gasteiger partial charge >= 0.3 is 0 Å². The maximum absolute atomic E-state index is 11.3. The predicted octanol–water partition coefficient (Wildman–Crippen LogP) is 3.18. The first-order chi connectivity index (χ1) is 7.17. The Kier molecular flexibility index (Phi) is 5.11. The van der Waals surface area contributed by atoms with Crippen LogP contribution in [-0.4, -0.2) is 18.3 Å². The van der Waals surface area contributed by atoms with E-state index in [2.05, 4.69) is 37.2 Å². The molecule has 0 aliphatic heterocycles. The van der Waals surface area contributed by atoms with Gasteiger partial charge < -0.3 is 10.1 Å². The average Bonchev–Trinajstić information content (AvgIpc) is 2.18. The second-order valence-corrected chi connectivity index (χ2v) is 4.48. The molecule has 3 nitrogen and oxygen atoms in total. The minimum Gasteiger partial charge on any atom is -0.496 e. The third kappa shape index (κ3) is 3.83. The first-order valence-corrected chi connectivity index (χ1v) is 6.28. The fraction of sp³-hybridized carbons (Fsp3) is 0.300. The Morgan fingerprint density at radius 2 is 2.27 bits per heavy atom. The number of halogens is 2. The highest BCUT2D eigenvalue weighted by Gasteiger charge is 2.04. The second kappa shape index (κ2) is 6.12. The van der Waals surface area contributed by atoms with Crippen molar-refractivity contribution in [2.24, 2.45) is 0 Å². The monoisotopic (exact) mass is 335 g/mol. The van der Waals surface area contributed by atoms with Crippen LogP contribution in [0.1, 0.15) is 6.42 Å². The van der Waals surface area contributed by atoms with E-state index in [0.717, 1.165) is 15.9 Å². The number of hydrogen-bond donors (Lipinski definition) is 1. The molecule has 0 aliphatic carbocycles. The van der Waals surface area contributed by atoms with Crippen LogP contribution in [0.25, 0.3) is 0 Å². The zero-order valence-corrected chi connectivity index (χ0v) is 11.4. The van der Waals surface area contributed by atoms with Crippen molar-refractivity contribution in [3.8, 4) is 5.75 Å². The van der Waals surface area contributed by atoms with Gasteiger partial charge in [0.2, 0.25) is 5.91 Å². The lowest BCUT2D eigenvalue weighted by atomic mass is 10.3. The lowest BCUT2D eigenvalue weighted by Gasteiger charge is -2.07. The zero-order valence-electron chi connectivity index (χ0n) is 8.22. The number of amides is 1. The van der Waals surface area contributed by atoms with E-state index in [0.29, 0.717) is 11.8 Å². The maximum Gasteiger partial charge on any atom is 0.225 e. The molecule has 0 saturated carbocycles. The Labute approximate surface area is 105 Å². The van der Waals surface area contributed by atoms with E-state index in [1.54, 1.807) is 19.2 Å². The van der Waals surface area contributed by atoms with Gasteiger partial charge in [-0.2, -0.15) is 0 Å². The van der Waals surface area contributed by atoms with Gasteiger partial charge in [-0.3, -0.25) is 4.79 Å². The Morgan fingerprint density at radius 1 is 1.53 bits per heavy atom. The molecule has 82 valence electrons. The summed E-state index contributed by atoms with van der Waals surface area (Å²) in [5.41, 5.74) is 0.758. The van der Waals surface area contributed by atoms with Crippen LogP contribution in [0, 0.1) is 0 Å². The smallest absolute Gasteiger partial charge is 0.225 e. The molecule has 0 bridgehead atoms. The minimum absolute atomic E-state index is 0.0102. The number of carbonyl (C=O) groups excluding carboxylic acids is 1. The Morgan fingerprint density at radius 3 is 2.80 bits per heavy atom. The van der Waals surface area contributed by atoms with Gasteiger partial charge in [0.15, 0.2) is 0 Å². The van der Waals surface area contributed by atoms with Gasteiger partial charge in [-0.15, -0.1) is 0 Å². The Bertz CT molecular complexity index is 355. The number of methoxy groups -OCH3 is 1. The molecular weight excluding hydrogens is 326 g/mol.